The zero-order valence-electron chi connectivity index (χ0n) is 15.6. The predicted octanol–water partition coefficient (Wildman–Crippen LogP) is 3.56. The van der Waals surface area contributed by atoms with E-state index >= 15 is 0 Å². The molecule has 0 saturated carbocycles. The summed E-state index contributed by atoms with van der Waals surface area (Å²) in [7, 11) is 0. The van der Waals surface area contributed by atoms with E-state index in [0.717, 1.165) is 22.2 Å². The number of nitrogens with zero attached hydrogens (tertiary/aromatic N) is 2. The SMILES string of the molecule is O=c1[nH]c(-c2ccc(Cc3n[nH]c(=O)c4ccccc34)cc2)nc2ccc(F)cc12. The summed E-state index contributed by atoms with van der Waals surface area (Å²) in [5, 5.41) is 8.39. The van der Waals surface area contributed by atoms with Gasteiger partial charge in [0.05, 0.1) is 22.0 Å². The van der Waals surface area contributed by atoms with Gasteiger partial charge < -0.3 is 4.98 Å². The van der Waals surface area contributed by atoms with Crippen LogP contribution in [0.25, 0.3) is 33.1 Å². The van der Waals surface area contributed by atoms with Crippen molar-refractivity contribution in [1.82, 2.24) is 20.2 Å². The monoisotopic (exact) mass is 398 g/mol. The standard InChI is InChI=1S/C23H15FN4O2/c24-15-9-10-19-18(12-15)22(29)26-21(25-19)14-7-5-13(6-8-14)11-20-16-3-1-2-4-17(16)23(30)28-27-20/h1-10,12H,11H2,(H,28,30)(H,25,26,29). The Morgan fingerprint density at radius 3 is 2.40 bits per heavy atom. The Morgan fingerprint density at radius 1 is 0.833 bits per heavy atom. The fourth-order valence-electron chi connectivity index (χ4n) is 3.53. The van der Waals surface area contributed by atoms with Crippen molar-refractivity contribution < 1.29 is 4.39 Å². The molecule has 0 fully saturated rings. The summed E-state index contributed by atoms with van der Waals surface area (Å²) in [5.74, 6) is -0.0615. The molecule has 3 aromatic carbocycles. The Balaban J connectivity index is 1.49. The van der Waals surface area contributed by atoms with Gasteiger partial charge in [-0.05, 0) is 29.8 Å². The highest BCUT2D eigenvalue weighted by Crippen LogP contribution is 2.20. The molecule has 0 atom stereocenters. The molecular formula is C23H15FN4O2. The molecule has 0 amide bonds. The van der Waals surface area contributed by atoms with E-state index in [1.165, 1.54) is 18.2 Å². The van der Waals surface area contributed by atoms with E-state index < -0.39 is 5.82 Å². The number of aromatic nitrogens is 4. The molecule has 2 aromatic heterocycles. The molecule has 0 spiro atoms. The molecule has 0 saturated heterocycles. The number of nitrogens with one attached hydrogen (secondary N) is 2. The number of rotatable bonds is 3. The largest absolute Gasteiger partial charge is 0.306 e. The molecule has 0 aliphatic carbocycles. The average Bonchev–Trinajstić information content (AvgIpc) is 2.77. The van der Waals surface area contributed by atoms with E-state index in [4.69, 9.17) is 0 Å². The summed E-state index contributed by atoms with van der Waals surface area (Å²) in [4.78, 5) is 31.4. The molecule has 7 heteroatoms. The summed E-state index contributed by atoms with van der Waals surface area (Å²) < 4.78 is 13.4. The molecule has 6 nitrogen and oxygen atoms in total. The van der Waals surface area contributed by atoms with Crippen LogP contribution in [0.5, 0.6) is 0 Å². The molecule has 0 radical (unpaired) electrons. The second-order valence-electron chi connectivity index (χ2n) is 6.99. The third-order valence-corrected chi connectivity index (χ3v) is 5.04. The van der Waals surface area contributed by atoms with Crippen LogP contribution in [0.1, 0.15) is 11.3 Å². The van der Waals surface area contributed by atoms with Crippen LogP contribution < -0.4 is 11.1 Å². The van der Waals surface area contributed by atoms with E-state index in [-0.39, 0.29) is 16.5 Å². The van der Waals surface area contributed by atoms with Crippen molar-refractivity contribution in [3.8, 4) is 11.4 Å². The van der Waals surface area contributed by atoms with Gasteiger partial charge in [0, 0.05) is 17.4 Å². The lowest BCUT2D eigenvalue weighted by Crippen LogP contribution is -2.11. The van der Waals surface area contributed by atoms with Crippen LogP contribution in [0, 0.1) is 5.82 Å². The van der Waals surface area contributed by atoms with E-state index in [0.29, 0.717) is 23.1 Å². The lowest BCUT2D eigenvalue weighted by Gasteiger charge is -2.07. The average molecular weight is 398 g/mol. The molecule has 146 valence electrons. The third-order valence-electron chi connectivity index (χ3n) is 5.04. The summed E-state index contributed by atoms with van der Waals surface area (Å²) in [6.07, 6.45) is 0.540. The number of hydrogen-bond acceptors (Lipinski definition) is 4. The summed E-state index contributed by atoms with van der Waals surface area (Å²) in [6, 6.07) is 18.9. The van der Waals surface area contributed by atoms with Gasteiger partial charge in [0.1, 0.15) is 11.6 Å². The number of benzene rings is 3. The number of H-pyrrole nitrogens is 2. The first-order valence-electron chi connectivity index (χ1n) is 9.34. The Hall–Kier alpha value is -4.13. The van der Waals surface area contributed by atoms with Crippen molar-refractivity contribution in [2.45, 2.75) is 6.42 Å². The van der Waals surface area contributed by atoms with Crippen LogP contribution in [-0.4, -0.2) is 20.2 Å². The Bertz CT molecular complexity index is 1520. The summed E-state index contributed by atoms with van der Waals surface area (Å²) in [6.45, 7) is 0. The number of hydrogen-bond donors (Lipinski definition) is 2. The first kappa shape index (κ1) is 17.9. The highest BCUT2D eigenvalue weighted by Gasteiger charge is 2.09. The molecule has 0 aliphatic heterocycles. The van der Waals surface area contributed by atoms with Crippen LogP contribution >= 0.6 is 0 Å². The zero-order chi connectivity index (χ0) is 20.7. The van der Waals surface area contributed by atoms with E-state index in [1.807, 2.05) is 42.5 Å². The Kier molecular flexibility index (Phi) is 4.21. The molecule has 2 N–H and O–H groups in total. The zero-order valence-corrected chi connectivity index (χ0v) is 15.6. The predicted molar refractivity (Wildman–Crippen MR) is 113 cm³/mol. The molecule has 0 aliphatic rings. The first-order valence-corrected chi connectivity index (χ1v) is 9.34. The van der Waals surface area contributed by atoms with Gasteiger partial charge in [-0.1, -0.05) is 42.5 Å². The van der Waals surface area contributed by atoms with Gasteiger partial charge in [0.25, 0.3) is 11.1 Å². The van der Waals surface area contributed by atoms with Crippen LogP contribution in [0.3, 0.4) is 0 Å². The Morgan fingerprint density at radius 2 is 1.60 bits per heavy atom. The summed E-state index contributed by atoms with van der Waals surface area (Å²) in [5.41, 5.74) is 2.34. The van der Waals surface area contributed by atoms with Crippen molar-refractivity contribution >= 4 is 21.7 Å². The fraction of sp³-hybridized carbons (Fsp3) is 0.0435. The Labute approximate surface area is 169 Å². The summed E-state index contributed by atoms with van der Waals surface area (Å²) >= 11 is 0. The minimum atomic E-state index is -0.477. The lowest BCUT2D eigenvalue weighted by atomic mass is 10.0. The van der Waals surface area contributed by atoms with Gasteiger partial charge in [0.2, 0.25) is 0 Å². The van der Waals surface area contributed by atoms with Crippen molar-refractivity contribution in [2.75, 3.05) is 0 Å². The van der Waals surface area contributed by atoms with Crippen molar-refractivity contribution in [1.29, 1.82) is 0 Å². The van der Waals surface area contributed by atoms with Crippen LogP contribution in [-0.2, 0) is 6.42 Å². The fourth-order valence-corrected chi connectivity index (χ4v) is 3.53. The smallest absolute Gasteiger partial charge is 0.272 e. The maximum atomic E-state index is 13.4. The minimum absolute atomic E-state index is 0.212. The number of fused-ring (bicyclic) bond motifs is 2. The number of aromatic amines is 2. The van der Waals surface area contributed by atoms with Gasteiger partial charge in [0.15, 0.2) is 0 Å². The maximum absolute atomic E-state index is 13.4. The molecule has 30 heavy (non-hydrogen) atoms. The van der Waals surface area contributed by atoms with E-state index in [2.05, 4.69) is 20.2 Å². The second kappa shape index (κ2) is 7.04. The molecule has 5 rings (SSSR count). The quantitative estimate of drug-likeness (QED) is 0.486. The van der Waals surface area contributed by atoms with Gasteiger partial charge in [-0.15, -0.1) is 0 Å². The van der Waals surface area contributed by atoms with Gasteiger partial charge in [-0.2, -0.15) is 5.10 Å². The molecule has 0 bridgehead atoms. The number of halogens is 1. The third kappa shape index (κ3) is 3.16. The van der Waals surface area contributed by atoms with Crippen molar-refractivity contribution in [2.24, 2.45) is 0 Å². The minimum Gasteiger partial charge on any atom is -0.306 e. The van der Waals surface area contributed by atoms with Gasteiger partial charge in [-0.3, -0.25) is 9.59 Å². The second-order valence-corrected chi connectivity index (χ2v) is 6.99. The maximum Gasteiger partial charge on any atom is 0.272 e. The van der Waals surface area contributed by atoms with Crippen LogP contribution in [0.2, 0.25) is 0 Å². The first-order chi connectivity index (χ1) is 14.6. The lowest BCUT2D eigenvalue weighted by molar-refractivity contribution is 0.629. The van der Waals surface area contributed by atoms with Crippen molar-refractivity contribution in [3.05, 3.63) is 105 Å². The van der Waals surface area contributed by atoms with Gasteiger partial charge >= 0.3 is 0 Å². The van der Waals surface area contributed by atoms with Crippen LogP contribution in [0.4, 0.5) is 4.39 Å². The molecular weight excluding hydrogens is 383 g/mol. The van der Waals surface area contributed by atoms with Crippen LogP contribution in [0.15, 0.2) is 76.3 Å². The highest BCUT2D eigenvalue weighted by molar-refractivity contribution is 5.83. The normalized spacial score (nSPS) is 11.2. The topological polar surface area (TPSA) is 91.5 Å². The molecule has 0 unspecified atom stereocenters. The van der Waals surface area contributed by atoms with E-state index in [1.54, 1.807) is 6.07 Å². The van der Waals surface area contributed by atoms with Gasteiger partial charge in [-0.25, -0.2) is 14.5 Å². The van der Waals surface area contributed by atoms with E-state index in [9.17, 15) is 14.0 Å². The van der Waals surface area contributed by atoms with Crippen molar-refractivity contribution in [3.63, 3.8) is 0 Å². The molecule has 5 aromatic rings. The highest BCUT2D eigenvalue weighted by atomic mass is 19.1. The molecule has 2 heterocycles.